The molecule has 6 fully saturated rings. The summed E-state index contributed by atoms with van der Waals surface area (Å²) in [5, 5.41) is 0. The standard InChI is InChI=1S/C27H37NO/c1-2-24-11-20-12-26(16-24,21-6-4-3-5-7-21)18-27(13-20,17-24)23(29)8-19-9-25(10-19)14-22(28)15-25/h3-7,19-20,22H,2,8-18,28H2,1H3/t19?,20?,22?,24-,25?,26-,27?/m1/s1. The van der Waals surface area contributed by atoms with Gasteiger partial charge in [0.05, 0.1) is 0 Å². The highest BCUT2D eigenvalue weighted by Gasteiger charge is 2.65. The molecular formula is C27H37NO. The summed E-state index contributed by atoms with van der Waals surface area (Å²) in [5.41, 5.74) is 8.75. The molecule has 0 aliphatic heterocycles. The molecule has 6 aliphatic rings. The number of carbonyl (C=O) groups is 1. The summed E-state index contributed by atoms with van der Waals surface area (Å²) in [5.74, 6) is 2.05. The second-order valence-electron chi connectivity index (χ2n) is 12.4. The van der Waals surface area contributed by atoms with Crippen molar-refractivity contribution in [2.75, 3.05) is 0 Å². The quantitative estimate of drug-likeness (QED) is 0.691. The normalized spacial score (nSPS) is 49.7. The van der Waals surface area contributed by atoms with Crippen molar-refractivity contribution in [1.29, 1.82) is 0 Å². The molecule has 0 radical (unpaired) electrons. The molecule has 1 aromatic rings. The van der Waals surface area contributed by atoms with Crippen molar-refractivity contribution >= 4 is 5.78 Å². The van der Waals surface area contributed by atoms with Gasteiger partial charge in [-0.1, -0.05) is 43.7 Å². The van der Waals surface area contributed by atoms with Crippen LogP contribution in [0.3, 0.4) is 0 Å². The Balaban J connectivity index is 1.27. The van der Waals surface area contributed by atoms with Gasteiger partial charge in [0.2, 0.25) is 0 Å². The minimum Gasteiger partial charge on any atom is -0.328 e. The van der Waals surface area contributed by atoms with Crippen LogP contribution in [0.5, 0.6) is 0 Å². The summed E-state index contributed by atoms with van der Waals surface area (Å²) in [6.07, 6.45) is 14.6. The Morgan fingerprint density at radius 2 is 1.72 bits per heavy atom. The molecule has 4 atom stereocenters. The zero-order valence-electron chi connectivity index (χ0n) is 18.1. The summed E-state index contributed by atoms with van der Waals surface area (Å²) >= 11 is 0. The van der Waals surface area contributed by atoms with Crippen molar-refractivity contribution in [3.8, 4) is 0 Å². The fraction of sp³-hybridized carbons (Fsp3) is 0.741. The van der Waals surface area contributed by atoms with E-state index in [1.54, 1.807) is 0 Å². The van der Waals surface area contributed by atoms with Crippen LogP contribution in [0.1, 0.15) is 89.5 Å². The van der Waals surface area contributed by atoms with Crippen molar-refractivity contribution in [3.05, 3.63) is 35.9 Å². The van der Waals surface area contributed by atoms with Gasteiger partial charge < -0.3 is 5.73 Å². The lowest BCUT2D eigenvalue weighted by Crippen LogP contribution is -2.61. The maximum atomic E-state index is 13.9. The number of ketones is 1. The Kier molecular flexibility index (Phi) is 3.83. The number of benzene rings is 1. The molecule has 1 aromatic carbocycles. The maximum absolute atomic E-state index is 13.9. The predicted octanol–water partition coefficient (Wildman–Crippen LogP) is 5.78. The van der Waals surface area contributed by atoms with Gasteiger partial charge in [0.25, 0.3) is 0 Å². The Morgan fingerprint density at radius 3 is 2.41 bits per heavy atom. The van der Waals surface area contributed by atoms with Crippen molar-refractivity contribution in [1.82, 2.24) is 0 Å². The molecule has 7 rings (SSSR count). The molecule has 2 unspecified atom stereocenters. The van der Waals surface area contributed by atoms with Gasteiger partial charge >= 0.3 is 0 Å². The smallest absolute Gasteiger partial charge is 0.139 e. The Morgan fingerprint density at radius 1 is 0.966 bits per heavy atom. The van der Waals surface area contributed by atoms with E-state index in [1.165, 1.54) is 69.8 Å². The van der Waals surface area contributed by atoms with Gasteiger partial charge in [-0.15, -0.1) is 0 Å². The molecule has 6 saturated carbocycles. The van der Waals surface area contributed by atoms with E-state index in [0.717, 1.165) is 18.8 Å². The van der Waals surface area contributed by atoms with Gasteiger partial charge in [0.15, 0.2) is 0 Å². The van der Waals surface area contributed by atoms with E-state index >= 15 is 0 Å². The summed E-state index contributed by atoms with van der Waals surface area (Å²) in [4.78, 5) is 13.9. The molecule has 2 heteroatoms. The number of hydrogen-bond donors (Lipinski definition) is 1. The van der Waals surface area contributed by atoms with E-state index < -0.39 is 0 Å². The first-order chi connectivity index (χ1) is 13.9. The van der Waals surface area contributed by atoms with Crippen LogP contribution in [0.4, 0.5) is 0 Å². The molecule has 0 heterocycles. The van der Waals surface area contributed by atoms with Crippen LogP contribution in [0.2, 0.25) is 0 Å². The fourth-order valence-corrected chi connectivity index (χ4v) is 9.63. The van der Waals surface area contributed by atoms with Gasteiger partial charge in [-0.25, -0.2) is 0 Å². The largest absolute Gasteiger partial charge is 0.328 e. The number of nitrogens with two attached hydrogens (primary N) is 1. The van der Waals surface area contributed by atoms with Crippen LogP contribution in [-0.4, -0.2) is 11.8 Å². The molecule has 2 nitrogen and oxygen atoms in total. The van der Waals surface area contributed by atoms with E-state index in [4.69, 9.17) is 5.73 Å². The Bertz CT molecular complexity index is 818. The minimum absolute atomic E-state index is 0.0238. The third kappa shape index (κ3) is 2.67. The first-order valence-electron chi connectivity index (χ1n) is 12.2. The van der Waals surface area contributed by atoms with E-state index in [0.29, 0.717) is 28.6 Å². The number of rotatable bonds is 5. The zero-order valence-corrected chi connectivity index (χ0v) is 18.1. The fourth-order valence-electron chi connectivity index (χ4n) is 9.63. The monoisotopic (exact) mass is 391 g/mol. The first kappa shape index (κ1) is 18.6. The van der Waals surface area contributed by atoms with Crippen LogP contribution in [0, 0.1) is 28.1 Å². The van der Waals surface area contributed by atoms with Gasteiger partial charge in [0, 0.05) is 17.9 Å². The number of Topliss-reactive ketones (excluding diaryl/α,β-unsaturated/α-hetero) is 1. The highest BCUT2D eigenvalue weighted by atomic mass is 16.1. The van der Waals surface area contributed by atoms with Gasteiger partial charge in [-0.3, -0.25) is 4.79 Å². The van der Waals surface area contributed by atoms with Crippen LogP contribution in [0.15, 0.2) is 30.3 Å². The van der Waals surface area contributed by atoms with Crippen molar-refractivity contribution in [2.45, 2.75) is 95.4 Å². The van der Waals surface area contributed by atoms with Crippen molar-refractivity contribution in [2.24, 2.45) is 33.8 Å². The lowest BCUT2D eigenvalue weighted by atomic mass is 9.37. The lowest BCUT2D eigenvalue weighted by Gasteiger charge is -2.67. The molecule has 2 N–H and O–H groups in total. The number of hydrogen-bond acceptors (Lipinski definition) is 2. The molecule has 1 spiro atoms. The summed E-state index contributed by atoms with van der Waals surface area (Å²) < 4.78 is 0. The van der Waals surface area contributed by atoms with Gasteiger partial charge in [0.1, 0.15) is 5.78 Å². The molecule has 6 aliphatic carbocycles. The lowest BCUT2D eigenvalue weighted by molar-refractivity contribution is -0.164. The molecule has 0 amide bonds. The second kappa shape index (κ2) is 5.96. The summed E-state index contributed by atoms with van der Waals surface area (Å²) in [7, 11) is 0. The van der Waals surface area contributed by atoms with Crippen LogP contribution >= 0.6 is 0 Å². The van der Waals surface area contributed by atoms with Crippen LogP contribution in [-0.2, 0) is 10.2 Å². The average Bonchev–Trinajstić information content (AvgIpc) is 2.65. The maximum Gasteiger partial charge on any atom is 0.139 e. The third-order valence-electron chi connectivity index (χ3n) is 10.2. The Hall–Kier alpha value is -1.15. The zero-order chi connectivity index (χ0) is 19.9. The third-order valence-corrected chi connectivity index (χ3v) is 10.2. The summed E-state index contributed by atoms with van der Waals surface area (Å²) in [6.45, 7) is 2.39. The molecule has 0 aromatic heterocycles. The van der Waals surface area contributed by atoms with Gasteiger partial charge in [-0.2, -0.15) is 0 Å². The van der Waals surface area contributed by atoms with Crippen molar-refractivity contribution in [3.63, 3.8) is 0 Å². The number of carbonyl (C=O) groups excluding carboxylic acids is 1. The first-order valence-corrected chi connectivity index (χ1v) is 12.2. The minimum atomic E-state index is -0.0238. The van der Waals surface area contributed by atoms with E-state index in [2.05, 4.69) is 37.3 Å². The highest BCUT2D eigenvalue weighted by Crippen LogP contribution is 2.71. The van der Waals surface area contributed by atoms with Gasteiger partial charge in [-0.05, 0) is 97.9 Å². The van der Waals surface area contributed by atoms with Crippen LogP contribution in [0.25, 0.3) is 0 Å². The topological polar surface area (TPSA) is 43.1 Å². The van der Waals surface area contributed by atoms with E-state index in [-0.39, 0.29) is 10.8 Å². The van der Waals surface area contributed by atoms with Crippen LogP contribution < -0.4 is 5.73 Å². The SMILES string of the molecule is CC[C@]12CC3CC(C(=O)CC4CC5(CC(N)C5)C4)(C1)C[C@@](c1ccccc1)(C3)C2. The highest BCUT2D eigenvalue weighted by molar-refractivity contribution is 5.86. The molecule has 0 saturated heterocycles. The molecular weight excluding hydrogens is 354 g/mol. The average molecular weight is 392 g/mol. The predicted molar refractivity (Wildman–Crippen MR) is 116 cm³/mol. The van der Waals surface area contributed by atoms with E-state index in [1.807, 2.05) is 0 Å². The van der Waals surface area contributed by atoms with E-state index in [9.17, 15) is 4.79 Å². The summed E-state index contributed by atoms with van der Waals surface area (Å²) in [6, 6.07) is 11.7. The molecule has 29 heavy (non-hydrogen) atoms. The second-order valence-corrected chi connectivity index (χ2v) is 12.4. The Labute approximate surface area is 176 Å². The molecule has 4 bridgehead atoms. The van der Waals surface area contributed by atoms with Crippen molar-refractivity contribution < 1.29 is 4.79 Å². The molecule has 156 valence electrons.